The van der Waals surface area contributed by atoms with Crippen molar-refractivity contribution in [2.45, 2.75) is 6.43 Å². The van der Waals surface area contributed by atoms with Gasteiger partial charge in [0.05, 0.1) is 18.2 Å². The molecule has 0 radical (unpaired) electrons. The molecule has 4 nitrogen and oxygen atoms in total. The Morgan fingerprint density at radius 2 is 2.20 bits per heavy atom. The third-order valence-electron chi connectivity index (χ3n) is 1.68. The van der Waals surface area contributed by atoms with E-state index in [1.165, 1.54) is 0 Å². The summed E-state index contributed by atoms with van der Waals surface area (Å²) in [7, 11) is 0.992. The van der Waals surface area contributed by atoms with Gasteiger partial charge in [0.2, 0.25) is 5.95 Å². The van der Waals surface area contributed by atoms with Gasteiger partial charge < -0.3 is 10.5 Å². The Bertz CT molecular complexity index is 396. The molecule has 0 amide bonds. The number of ether oxygens (including phenoxy) is 1. The lowest BCUT2D eigenvalue weighted by atomic mass is 10.1. The summed E-state index contributed by atoms with van der Waals surface area (Å²) in [5.74, 6) is -2.92. The molecule has 0 aromatic carbocycles. The van der Waals surface area contributed by atoms with E-state index in [9.17, 15) is 18.0 Å². The van der Waals surface area contributed by atoms with Crippen LogP contribution in [0.1, 0.15) is 22.3 Å². The zero-order valence-corrected chi connectivity index (χ0v) is 7.63. The molecule has 0 fully saturated rings. The van der Waals surface area contributed by atoms with E-state index in [1.807, 2.05) is 0 Å². The third kappa shape index (κ3) is 2.17. The minimum absolute atomic E-state index is 0.559. The largest absolute Gasteiger partial charge is 0.465 e. The van der Waals surface area contributed by atoms with Crippen molar-refractivity contribution in [2.75, 3.05) is 12.8 Å². The number of nitrogens with two attached hydrogens (primary N) is 1. The number of alkyl halides is 2. The van der Waals surface area contributed by atoms with E-state index in [0.29, 0.717) is 6.07 Å². The predicted molar refractivity (Wildman–Crippen MR) is 44.9 cm³/mol. The van der Waals surface area contributed by atoms with E-state index in [2.05, 4.69) is 9.72 Å². The number of anilines is 1. The molecule has 0 aliphatic rings. The fraction of sp³-hybridized carbons (Fsp3) is 0.250. The molecule has 0 aliphatic carbocycles. The van der Waals surface area contributed by atoms with Gasteiger partial charge in [-0.05, 0) is 0 Å². The fourth-order valence-electron chi connectivity index (χ4n) is 1.05. The first-order valence-electron chi connectivity index (χ1n) is 3.79. The fourth-order valence-corrected chi connectivity index (χ4v) is 1.05. The molecule has 0 saturated heterocycles. The van der Waals surface area contributed by atoms with Crippen LogP contribution in [-0.4, -0.2) is 18.1 Å². The summed E-state index contributed by atoms with van der Waals surface area (Å²) >= 11 is 0. The first kappa shape index (κ1) is 11.3. The van der Waals surface area contributed by atoms with Gasteiger partial charge in [-0.1, -0.05) is 0 Å². The number of carbonyl (C=O) groups is 1. The molecule has 0 unspecified atom stereocenters. The van der Waals surface area contributed by atoms with E-state index in [1.54, 1.807) is 0 Å². The number of methoxy groups -OCH3 is 1. The summed E-state index contributed by atoms with van der Waals surface area (Å²) in [5.41, 5.74) is 3.65. The van der Waals surface area contributed by atoms with Crippen molar-refractivity contribution in [1.29, 1.82) is 0 Å². The van der Waals surface area contributed by atoms with Gasteiger partial charge in [-0.15, -0.1) is 0 Å². The Morgan fingerprint density at radius 3 is 2.67 bits per heavy atom. The SMILES string of the molecule is COC(=O)c1cc(F)nc(N)c1C(F)F. The number of pyridine rings is 1. The Labute approximate surface area is 82.9 Å². The average Bonchev–Trinajstić information content (AvgIpc) is 2.14. The molecule has 2 N–H and O–H groups in total. The Balaban J connectivity index is 3.40. The van der Waals surface area contributed by atoms with Crippen molar-refractivity contribution in [3.63, 3.8) is 0 Å². The molecular weight excluding hydrogens is 213 g/mol. The number of rotatable bonds is 2. The first-order chi connectivity index (χ1) is 6.97. The number of esters is 1. The second-order valence-corrected chi connectivity index (χ2v) is 2.58. The number of aromatic nitrogens is 1. The highest BCUT2D eigenvalue weighted by atomic mass is 19.3. The number of nitrogens with zero attached hydrogens (tertiary/aromatic N) is 1. The molecule has 15 heavy (non-hydrogen) atoms. The van der Waals surface area contributed by atoms with E-state index in [4.69, 9.17) is 5.73 Å². The molecule has 0 spiro atoms. The molecule has 82 valence electrons. The summed E-state index contributed by atoms with van der Waals surface area (Å²) in [5, 5.41) is 0. The van der Waals surface area contributed by atoms with E-state index < -0.39 is 35.3 Å². The molecular formula is C8H7F3N2O2. The maximum absolute atomic E-state index is 12.7. The van der Waals surface area contributed by atoms with Crippen molar-refractivity contribution in [1.82, 2.24) is 4.98 Å². The standard InChI is InChI=1S/C8H7F3N2O2/c1-15-8(14)3-2-4(9)13-7(12)5(3)6(10)11/h2,6H,1H3,(H2,12,13). The smallest absolute Gasteiger partial charge is 0.338 e. The monoisotopic (exact) mass is 220 g/mol. The highest BCUT2D eigenvalue weighted by Gasteiger charge is 2.24. The maximum Gasteiger partial charge on any atom is 0.338 e. The molecule has 1 aromatic rings. The minimum atomic E-state index is -3.02. The summed E-state index contributed by atoms with van der Waals surface area (Å²) in [6, 6.07) is 0.559. The summed E-state index contributed by atoms with van der Waals surface area (Å²) in [6.07, 6.45) is -3.02. The quantitative estimate of drug-likeness (QED) is 0.606. The Kier molecular flexibility index (Phi) is 3.13. The van der Waals surface area contributed by atoms with Crippen molar-refractivity contribution < 1.29 is 22.7 Å². The molecule has 1 aromatic heterocycles. The summed E-state index contributed by atoms with van der Waals surface area (Å²) < 4.78 is 41.9. The normalized spacial score (nSPS) is 10.5. The number of hydrogen-bond donors (Lipinski definition) is 1. The van der Waals surface area contributed by atoms with Gasteiger partial charge in [0.25, 0.3) is 6.43 Å². The van der Waals surface area contributed by atoms with E-state index >= 15 is 0 Å². The minimum Gasteiger partial charge on any atom is -0.465 e. The lowest BCUT2D eigenvalue weighted by Crippen LogP contribution is -2.11. The Hall–Kier alpha value is -1.79. The lowest BCUT2D eigenvalue weighted by Gasteiger charge is -2.08. The Morgan fingerprint density at radius 1 is 1.60 bits per heavy atom. The topological polar surface area (TPSA) is 65.2 Å². The van der Waals surface area contributed by atoms with Crippen molar-refractivity contribution >= 4 is 11.8 Å². The van der Waals surface area contributed by atoms with Gasteiger partial charge in [-0.25, -0.2) is 18.6 Å². The van der Waals surface area contributed by atoms with Crippen LogP contribution in [0.2, 0.25) is 0 Å². The van der Waals surface area contributed by atoms with Crippen molar-refractivity contribution in [2.24, 2.45) is 0 Å². The van der Waals surface area contributed by atoms with Gasteiger partial charge in [0.15, 0.2) is 0 Å². The first-order valence-corrected chi connectivity index (χ1v) is 3.79. The molecule has 1 heterocycles. The third-order valence-corrected chi connectivity index (χ3v) is 1.68. The highest BCUT2D eigenvalue weighted by Crippen LogP contribution is 2.28. The molecule has 7 heteroatoms. The number of nitrogen functional groups attached to an aromatic ring is 1. The highest BCUT2D eigenvalue weighted by molar-refractivity contribution is 5.92. The summed E-state index contributed by atoms with van der Waals surface area (Å²) in [6.45, 7) is 0. The zero-order valence-electron chi connectivity index (χ0n) is 7.63. The van der Waals surface area contributed by atoms with Crippen molar-refractivity contribution in [3.8, 4) is 0 Å². The van der Waals surface area contributed by atoms with Crippen LogP contribution in [-0.2, 0) is 4.74 Å². The maximum atomic E-state index is 12.7. The lowest BCUT2D eigenvalue weighted by molar-refractivity contribution is 0.0588. The van der Waals surface area contributed by atoms with Crippen molar-refractivity contribution in [3.05, 3.63) is 23.1 Å². The zero-order chi connectivity index (χ0) is 11.6. The molecule has 0 atom stereocenters. The van der Waals surface area contributed by atoms with Gasteiger partial charge in [-0.3, -0.25) is 0 Å². The number of halogens is 3. The molecule has 0 aliphatic heterocycles. The second kappa shape index (κ2) is 4.16. The predicted octanol–water partition coefficient (Wildman–Crippen LogP) is 1.53. The second-order valence-electron chi connectivity index (χ2n) is 2.58. The van der Waals surface area contributed by atoms with Gasteiger partial charge in [0, 0.05) is 6.07 Å². The van der Waals surface area contributed by atoms with Crippen LogP contribution < -0.4 is 5.73 Å². The molecule has 0 bridgehead atoms. The van der Waals surface area contributed by atoms with Crippen LogP contribution in [0, 0.1) is 5.95 Å². The van der Waals surface area contributed by atoms with E-state index in [-0.39, 0.29) is 0 Å². The van der Waals surface area contributed by atoms with Gasteiger partial charge in [-0.2, -0.15) is 4.39 Å². The van der Waals surface area contributed by atoms with Crippen LogP contribution in [0.4, 0.5) is 19.0 Å². The van der Waals surface area contributed by atoms with Crippen LogP contribution in [0.3, 0.4) is 0 Å². The van der Waals surface area contributed by atoms with Gasteiger partial charge in [0.1, 0.15) is 5.82 Å². The summed E-state index contributed by atoms with van der Waals surface area (Å²) in [4.78, 5) is 14.0. The van der Waals surface area contributed by atoms with Crippen LogP contribution >= 0.6 is 0 Å². The van der Waals surface area contributed by atoms with Crippen LogP contribution in [0.15, 0.2) is 6.07 Å². The van der Waals surface area contributed by atoms with Crippen LogP contribution in [0.5, 0.6) is 0 Å². The molecule has 1 rings (SSSR count). The van der Waals surface area contributed by atoms with Gasteiger partial charge >= 0.3 is 5.97 Å². The molecule has 0 saturated carbocycles. The number of hydrogen-bond acceptors (Lipinski definition) is 4. The number of carbonyl (C=O) groups excluding carboxylic acids is 1. The average molecular weight is 220 g/mol. The van der Waals surface area contributed by atoms with E-state index in [0.717, 1.165) is 7.11 Å². The van der Waals surface area contributed by atoms with Crippen LogP contribution in [0.25, 0.3) is 0 Å².